The van der Waals surface area contributed by atoms with Gasteiger partial charge >= 0.3 is 0 Å². The third-order valence-corrected chi connectivity index (χ3v) is 7.09. The van der Waals surface area contributed by atoms with E-state index < -0.39 is 0 Å². The Bertz CT molecular complexity index is 1480. The first kappa shape index (κ1) is 21.8. The average molecular weight is 488 g/mol. The number of halogens is 1. The number of carbonyl (C=O) groups excluding carboxylic acids is 1. The Hall–Kier alpha value is -3.76. The third kappa shape index (κ3) is 4.26. The Morgan fingerprint density at radius 1 is 1.14 bits per heavy atom. The van der Waals surface area contributed by atoms with Crippen molar-refractivity contribution in [3.63, 3.8) is 0 Å². The normalized spacial score (nSPS) is 14.5. The van der Waals surface area contributed by atoms with Crippen LogP contribution in [0.1, 0.15) is 34.2 Å². The SMILES string of the molecule is O=C(Cc1cn2nc(-c3c(-c4ccc(F)cc4)ncn3C3CCNCC3)ccc2n1)c1cncs1. The molecular weight excluding hydrogens is 465 g/mol. The van der Waals surface area contributed by atoms with E-state index in [-0.39, 0.29) is 18.0 Å². The lowest BCUT2D eigenvalue weighted by atomic mass is 10.0. The highest BCUT2D eigenvalue weighted by Gasteiger charge is 2.24. The minimum absolute atomic E-state index is 0.0151. The number of thiazole rings is 1. The molecule has 1 aliphatic heterocycles. The van der Waals surface area contributed by atoms with Gasteiger partial charge in [-0.05, 0) is 62.3 Å². The Labute approximate surface area is 204 Å². The number of nitrogens with zero attached hydrogens (tertiary/aromatic N) is 6. The van der Waals surface area contributed by atoms with Gasteiger partial charge in [0.25, 0.3) is 0 Å². The summed E-state index contributed by atoms with van der Waals surface area (Å²) >= 11 is 1.32. The summed E-state index contributed by atoms with van der Waals surface area (Å²) in [6.45, 7) is 1.89. The van der Waals surface area contributed by atoms with Gasteiger partial charge in [0, 0.05) is 17.8 Å². The lowest BCUT2D eigenvalue weighted by molar-refractivity contribution is 0.0995. The van der Waals surface area contributed by atoms with E-state index in [1.807, 2.05) is 18.5 Å². The van der Waals surface area contributed by atoms with Gasteiger partial charge in [-0.1, -0.05) is 0 Å². The molecule has 5 aromatic rings. The molecule has 0 bridgehead atoms. The number of aromatic nitrogens is 6. The van der Waals surface area contributed by atoms with Crippen molar-refractivity contribution < 1.29 is 9.18 Å². The lowest BCUT2D eigenvalue weighted by Crippen LogP contribution is -2.29. The van der Waals surface area contributed by atoms with Crippen LogP contribution in [0.4, 0.5) is 4.39 Å². The molecular formula is C25H22FN7OS. The summed E-state index contributed by atoms with van der Waals surface area (Å²) in [7, 11) is 0. The Balaban J connectivity index is 1.40. The van der Waals surface area contributed by atoms with Crippen molar-refractivity contribution in [2.24, 2.45) is 0 Å². The Morgan fingerprint density at radius 3 is 2.74 bits per heavy atom. The monoisotopic (exact) mass is 487 g/mol. The Kier molecular flexibility index (Phi) is 5.67. The van der Waals surface area contributed by atoms with Crippen LogP contribution in [0.2, 0.25) is 0 Å². The maximum Gasteiger partial charge on any atom is 0.180 e. The average Bonchev–Trinajstić information content (AvgIpc) is 3.64. The van der Waals surface area contributed by atoms with Crippen molar-refractivity contribution in [2.45, 2.75) is 25.3 Å². The molecule has 1 N–H and O–H groups in total. The van der Waals surface area contributed by atoms with Crippen LogP contribution in [-0.4, -0.2) is 48.0 Å². The van der Waals surface area contributed by atoms with Gasteiger partial charge in [-0.15, -0.1) is 11.3 Å². The fourth-order valence-electron chi connectivity index (χ4n) is 4.54. The van der Waals surface area contributed by atoms with E-state index in [1.54, 1.807) is 34.6 Å². The van der Waals surface area contributed by atoms with Crippen molar-refractivity contribution in [3.05, 3.63) is 77.0 Å². The van der Waals surface area contributed by atoms with Gasteiger partial charge in [0.2, 0.25) is 0 Å². The van der Waals surface area contributed by atoms with Crippen LogP contribution in [0.25, 0.3) is 28.3 Å². The van der Waals surface area contributed by atoms with Crippen LogP contribution in [0.3, 0.4) is 0 Å². The van der Waals surface area contributed by atoms with Crippen LogP contribution in [0.15, 0.2) is 60.6 Å². The van der Waals surface area contributed by atoms with E-state index in [0.717, 1.165) is 48.6 Å². The van der Waals surface area contributed by atoms with E-state index in [2.05, 4.69) is 19.9 Å². The molecule has 8 nitrogen and oxygen atoms in total. The van der Waals surface area contributed by atoms with Crippen molar-refractivity contribution in [3.8, 4) is 22.6 Å². The lowest BCUT2D eigenvalue weighted by Gasteiger charge is -2.25. The predicted molar refractivity (Wildman–Crippen MR) is 131 cm³/mol. The van der Waals surface area contributed by atoms with Gasteiger partial charge in [-0.25, -0.2) is 18.9 Å². The highest BCUT2D eigenvalue weighted by molar-refractivity contribution is 7.11. The number of hydrogen-bond donors (Lipinski definition) is 1. The molecule has 0 aliphatic carbocycles. The second-order valence-electron chi connectivity index (χ2n) is 8.56. The van der Waals surface area contributed by atoms with E-state index in [4.69, 9.17) is 10.1 Å². The molecule has 1 fully saturated rings. The second-order valence-corrected chi connectivity index (χ2v) is 9.44. The van der Waals surface area contributed by atoms with Gasteiger partial charge in [0.1, 0.15) is 11.5 Å². The van der Waals surface area contributed by atoms with Crippen LogP contribution in [0, 0.1) is 5.82 Å². The summed E-state index contributed by atoms with van der Waals surface area (Å²) in [6.07, 6.45) is 7.41. The summed E-state index contributed by atoms with van der Waals surface area (Å²) in [5, 5.41) is 8.26. The summed E-state index contributed by atoms with van der Waals surface area (Å²) in [5.41, 5.74) is 6.19. The fraction of sp³-hybridized carbons (Fsp3) is 0.240. The molecule has 1 saturated heterocycles. The number of fused-ring (bicyclic) bond motifs is 1. The number of imidazole rings is 2. The van der Waals surface area contributed by atoms with Gasteiger partial charge in [-0.3, -0.25) is 9.78 Å². The third-order valence-electron chi connectivity index (χ3n) is 6.27. The zero-order valence-corrected chi connectivity index (χ0v) is 19.6. The summed E-state index contributed by atoms with van der Waals surface area (Å²) < 4.78 is 17.5. The molecule has 1 aromatic carbocycles. The maximum absolute atomic E-state index is 13.6. The van der Waals surface area contributed by atoms with E-state index in [1.165, 1.54) is 23.5 Å². The predicted octanol–water partition coefficient (Wildman–Crippen LogP) is 4.21. The van der Waals surface area contributed by atoms with E-state index >= 15 is 0 Å². The number of Topliss-reactive ketones (excluding diaryl/α,β-unsaturated/α-hetero) is 1. The number of benzene rings is 1. The van der Waals surface area contributed by atoms with Crippen molar-refractivity contribution in [1.82, 2.24) is 34.4 Å². The molecule has 6 rings (SSSR count). The van der Waals surface area contributed by atoms with Gasteiger partial charge in [0.05, 0.1) is 46.4 Å². The quantitative estimate of drug-likeness (QED) is 0.361. The number of carbonyl (C=O) groups is 1. The molecule has 1 aliphatic rings. The van der Waals surface area contributed by atoms with Crippen molar-refractivity contribution >= 4 is 22.8 Å². The molecule has 5 heterocycles. The topological polar surface area (TPSA) is 90.0 Å². The molecule has 4 aromatic heterocycles. The zero-order valence-electron chi connectivity index (χ0n) is 18.8. The molecule has 35 heavy (non-hydrogen) atoms. The number of hydrogen-bond acceptors (Lipinski definition) is 7. The second kappa shape index (κ2) is 9.12. The highest BCUT2D eigenvalue weighted by atomic mass is 32.1. The molecule has 10 heteroatoms. The first-order chi connectivity index (χ1) is 17.2. The summed E-state index contributed by atoms with van der Waals surface area (Å²) in [6, 6.07) is 10.5. The van der Waals surface area contributed by atoms with Crippen LogP contribution < -0.4 is 5.32 Å². The highest BCUT2D eigenvalue weighted by Crippen LogP contribution is 2.34. The smallest absolute Gasteiger partial charge is 0.180 e. The van der Waals surface area contributed by atoms with Gasteiger partial charge < -0.3 is 9.88 Å². The molecule has 0 atom stereocenters. The maximum atomic E-state index is 13.6. The van der Waals surface area contributed by atoms with Crippen molar-refractivity contribution in [1.29, 1.82) is 0 Å². The first-order valence-electron chi connectivity index (χ1n) is 11.5. The van der Waals surface area contributed by atoms with Gasteiger partial charge in [0.15, 0.2) is 11.4 Å². The minimum atomic E-state index is -0.286. The standard InChI is InChI=1S/C25H22FN7OS/c26-17-3-1-16(2-4-17)24-25(32(14-29-24)19-7-9-27-10-8-19)20-5-6-23-30-18(13-33(23)31-20)11-21(34)22-12-28-15-35-22/h1-6,12-15,19,27H,7-11H2. The molecule has 0 radical (unpaired) electrons. The van der Waals surface area contributed by atoms with Gasteiger partial charge in [-0.2, -0.15) is 5.10 Å². The van der Waals surface area contributed by atoms with E-state index in [9.17, 15) is 9.18 Å². The number of rotatable bonds is 6. The molecule has 0 spiro atoms. The number of ketones is 1. The molecule has 176 valence electrons. The number of piperidine rings is 1. The van der Waals surface area contributed by atoms with Crippen LogP contribution in [0.5, 0.6) is 0 Å². The zero-order chi connectivity index (χ0) is 23.8. The number of nitrogens with one attached hydrogen (secondary N) is 1. The van der Waals surface area contributed by atoms with Crippen LogP contribution in [-0.2, 0) is 6.42 Å². The first-order valence-corrected chi connectivity index (χ1v) is 12.3. The summed E-state index contributed by atoms with van der Waals surface area (Å²) in [4.78, 5) is 26.4. The molecule has 0 amide bonds. The molecule has 0 unspecified atom stereocenters. The Morgan fingerprint density at radius 2 is 1.97 bits per heavy atom. The largest absolute Gasteiger partial charge is 0.326 e. The van der Waals surface area contributed by atoms with Crippen LogP contribution >= 0.6 is 11.3 Å². The summed E-state index contributed by atoms with van der Waals surface area (Å²) in [5.74, 6) is -0.301. The minimum Gasteiger partial charge on any atom is -0.326 e. The molecule has 0 saturated carbocycles. The fourth-order valence-corrected chi connectivity index (χ4v) is 5.10. The van der Waals surface area contributed by atoms with E-state index in [0.29, 0.717) is 22.3 Å². The van der Waals surface area contributed by atoms with Crippen molar-refractivity contribution in [2.75, 3.05) is 13.1 Å².